The molecule has 1 saturated heterocycles. The number of amides is 1. The average molecular weight is 231 g/mol. The highest BCUT2D eigenvalue weighted by atomic mass is 16.3. The number of nitrogens with zero attached hydrogens (tertiary/aromatic N) is 1. The van der Waals surface area contributed by atoms with Crippen LogP contribution in [-0.4, -0.2) is 24.0 Å². The highest BCUT2D eigenvalue weighted by Gasteiger charge is 2.21. The van der Waals surface area contributed by atoms with E-state index in [-0.39, 0.29) is 11.9 Å². The highest BCUT2D eigenvalue weighted by molar-refractivity contribution is 5.79. The highest BCUT2D eigenvalue weighted by Crippen LogP contribution is 2.25. The maximum absolute atomic E-state index is 11.5. The normalized spacial score (nSPS) is 21.2. The Hall–Kier alpha value is -1.88. The summed E-state index contributed by atoms with van der Waals surface area (Å²) in [6.07, 6.45) is 3.83. The van der Waals surface area contributed by atoms with Crippen LogP contribution in [0.4, 0.5) is 0 Å². The summed E-state index contributed by atoms with van der Waals surface area (Å²) in [4.78, 5) is 15.5. The van der Waals surface area contributed by atoms with E-state index in [0.29, 0.717) is 13.0 Å². The smallest absolute Gasteiger partial charge is 0.222 e. The second-order valence-electron chi connectivity index (χ2n) is 4.12. The van der Waals surface area contributed by atoms with Crippen molar-refractivity contribution >= 4 is 16.9 Å². The first-order valence-corrected chi connectivity index (χ1v) is 5.66. The van der Waals surface area contributed by atoms with Crippen molar-refractivity contribution in [1.82, 2.24) is 15.6 Å². The van der Waals surface area contributed by atoms with Crippen LogP contribution in [0.1, 0.15) is 18.2 Å². The van der Waals surface area contributed by atoms with Crippen LogP contribution in [0.15, 0.2) is 28.9 Å². The molecule has 1 amide bonds. The number of nitrogens with one attached hydrogen (secondary N) is 2. The fraction of sp³-hybridized carbons (Fsp3) is 0.333. The number of furan rings is 1. The fourth-order valence-corrected chi connectivity index (χ4v) is 2.06. The van der Waals surface area contributed by atoms with Crippen molar-refractivity contribution in [2.24, 2.45) is 0 Å². The quantitative estimate of drug-likeness (QED) is 0.767. The van der Waals surface area contributed by atoms with Crippen molar-refractivity contribution < 1.29 is 9.21 Å². The van der Waals surface area contributed by atoms with Gasteiger partial charge in [0.2, 0.25) is 5.91 Å². The lowest BCUT2D eigenvalue weighted by Gasteiger charge is -2.10. The van der Waals surface area contributed by atoms with Crippen molar-refractivity contribution in [3.8, 4) is 0 Å². The topological polar surface area (TPSA) is 67.2 Å². The van der Waals surface area contributed by atoms with Gasteiger partial charge in [-0.05, 0) is 12.1 Å². The van der Waals surface area contributed by atoms with Gasteiger partial charge >= 0.3 is 0 Å². The third-order valence-corrected chi connectivity index (χ3v) is 2.91. The van der Waals surface area contributed by atoms with Crippen molar-refractivity contribution in [1.29, 1.82) is 0 Å². The zero-order valence-electron chi connectivity index (χ0n) is 9.27. The standard InChI is InChI=1S/C12H13N3O2/c16-12-6-9(14-3-4-15-12)10-5-8-1-2-13-7-11(8)17-10/h1-2,5,7,9,14H,3-4,6H2,(H,15,16). The van der Waals surface area contributed by atoms with E-state index >= 15 is 0 Å². The summed E-state index contributed by atoms with van der Waals surface area (Å²) in [7, 11) is 0. The second kappa shape index (κ2) is 4.18. The van der Waals surface area contributed by atoms with Crippen molar-refractivity contribution in [2.75, 3.05) is 13.1 Å². The average Bonchev–Trinajstić information content (AvgIpc) is 2.65. The van der Waals surface area contributed by atoms with Gasteiger partial charge in [-0.2, -0.15) is 0 Å². The Morgan fingerprint density at radius 1 is 1.41 bits per heavy atom. The molecule has 0 saturated carbocycles. The van der Waals surface area contributed by atoms with Gasteiger partial charge in [-0.1, -0.05) is 0 Å². The molecule has 5 heteroatoms. The van der Waals surface area contributed by atoms with E-state index in [0.717, 1.165) is 23.3 Å². The summed E-state index contributed by atoms with van der Waals surface area (Å²) < 4.78 is 5.71. The Balaban J connectivity index is 1.94. The van der Waals surface area contributed by atoms with Gasteiger partial charge in [0.15, 0.2) is 5.58 Å². The molecule has 0 radical (unpaired) electrons. The first-order valence-electron chi connectivity index (χ1n) is 5.66. The molecule has 3 rings (SSSR count). The van der Waals surface area contributed by atoms with Gasteiger partial charge in [-0.15, -0.1) is 0 Å². The zero-order valence-corrected chi connectivity index (χ0v) is 9.27. The Morgan fingerprint density at radius 3 is 3.24 bits per heavy atom. The molecule has 17 heavy (non-hydrogen) atoms. The van der Waals surface area contributed by atoms with E-state index in [1.807, 2.05) is 12.1 Å². The number of aromatic nitrogens is 1. The minimum absolute atomic E-state index is 0.0510. The van der Waals surface area contributed by atoms with Crippen molar-refractivity contribution in [2.45, 2.75) is 12.5 Å². The molecule has 2 N–H and O–H groups in total. The maximum Gasteiger partial charge on any atom is 0.222 e. The van der Waals surface area contributed by atoms with Gasteiger partial charge in [-0.3, -0.25) is 9.78 Å². The van der Waals surface area contributed by atoms with Crippen LogP contribution in [-0.2, 0) is 4.79 Å². The second-order valence-corrected chi connectivity index (χ2v) is 4.12. The Kier molecular flexibility index (Phi) is 2.53. The number of rotatable bonds is 1. The minimum atomic E-state index is -0.0510. The predicted molar refractivity (Wildman–Crippen MR) is 62.4 cm³/mol. The van der Waals surface area contributed by atoms with E-state index in [2.05, 4.69) is 15.6 Å². The summed E-state index contributed by atoms with van der Waals surface area (Å²) in [6, 6.07) is 3.82. The number of hydrogen-bond donors (Lipinski definition) is 2. The molecular weight excluding hydrogens is 218 g/mol. The van der Waals surface area contributed by atoms with E-state index in [4.69, 9.17) is 4.42 Å². The third kappa shape index (κ3) is 2.01. The summed E-state index contributed by atoms with van der Waals surface area (Å²) in [5.41, 5.74) is 0.758. The Bertz CT molecular complexity index is 516. The molecule has 0 aromatic carbocycles. The number of carbonyl (C=O) groups is 1. The van der Waals surface area contributed by atoms with Crippen LogP contribution in [0, 0.1) is 0 Å². The molecule has 3 heterocycles. The monoisotopic (exact) mass is 231 g/mol. The van der Waals surface area contributed by atoms with Crippen molar-refractivity contribution in [3.05, 3.63) is 30.3 Å². The Labute approximate surface area is 98.2 Å². The molecule has 2 aromatic rings. The van der Waals surface area contributed by atoms with Crippen LogP contribution in [0.2, 0.25) is 0 Å². The molecule has 5 nitrogen and oxygen atoms in total. The number of hydrogen-bond acceptors (Lipinski definition) is 4. The van der Waals surface area contributed by atoms with Gasteiger partial charge in [0, 0.05) is 31.1 Å². The van der Waals surface area contributed by atoms with Crippen molar-refractivity contribution in [3.63, 3.8) is 0 Å². The minimum Gasteiger partial charge on any atom is -0.458 e. The van der Waals surface area contributed by atoms with Gasteiger partial charge in [0.05, 0.1) is 12.2 Å². The summed E-state index contributed by atoms with van der Waals surface area (Å²) in [5.74, 6) is 0.851. The lowest BCUT2D eigenvalue weighted by atomic mass is 10.1. The number of fused-ring (bicyclic) bond motifs is 1. The Morgan fingerprint density at radius 2 is 2.35 bits per heavy atom. The maximum atomic E-state index is 11.5. The van der Waals surface area contributed by atoms with Gasteiger partial charge in [0.25, 0.3) is 0 Å². The molecule has 0 spiro atoms. The molecule has 1 atom stereocenters. The van der Waals surface area contributed by atoms with E-state index < -0.39 is 0 Å². The lowest BCUT2D eigenvalue weighted by Crippen LogP contribution is -2.24. The SMILES string of the molecule is O=C1CC(c2cc3ccncc3o2)NCCN1. The molecule has 88 valence electrons. The lowest BCUT2D eigenvalue weighted by molar-refractivity contribution is -0.121. The zero-order chi connectivity index (χ0) is 11.7. The first kappa shape index (κ1) is 10.3. The first-order chi connectivity index (χ1) is 8.33. The molecule has 1 fully saturated rings. The van der Waals surface area contributed by atoms with Gasteiger partial charge < -0.3 is 15.1 Å². The largest absolute Gasteiger partial charge is 0.458 e. The molecule has 0 aliphatic carbocycles. The van der Waals surface area contributed by atoms with Crippen LogP contribution in [0.5, 0.6) is 0 Å². The van der Waals surface area contributed by atoms with Crippen LogP contribution in [0.25, 0.3) is 11.0 Å². The number of carbonyl (C=O) groups excluding carboxylic acids is 1. The molecule has 0 bridgehead atoms. The van der Waals surface area contributed by atoms with Crippen LogP contribution >= 0.6 is 0 Å². The van der Waals surface area contributed by atoms with Gasteiger partial charge in [0.1, 0.15) is 5.76 Å². The molecule has 1 aliphatic rings. The molecular formula is C12H13N3O2. The van der Waals surface area contributed by atoms with E-state index in [9.17, 15) is 4.79 Å². The fourth-order valence-electron chi connectivity index (χ4n) is 2.06. The van der Waals surface area contributed by atoms with Crippen LogP contribution in [0.3, 0.4) is 0 Å². The summed E-state index contributed by atoms with van der Waals surface area (Å²) in [6.45, 7) is 1.42. The molecule has 2 aromatic heterocycles. The van der Waals surface area contributed by atoms with E-state index in [1.165, 1.54) is 0 Å². The number of pyridine rings is 1. The summed E-state index contributed by atoms with van der Waals surface area (Å²) >= 11 is 0. The van der Waals surface area contributed by atoms with Crippen LogP contribution < -0.4 is 10.6 Å². The third-order valence-electron chi connectivity index (χ3n) is 2.91. The summed E-state index contributed by atoms with van der Waals surface area (Å²) in [5, 5.41) is 7.13. The molecule has 1 unspecified atom stereocenters. The predicted octanol–water partition coefficient (Wildman–Crippen LogP) is 0.978. The van der Waals surface area contributed by atoms with E-state index in [1.54, 1.807) is 12.4 Å². The van der Waals surface area contributed by atoms with Gasteiger partial charge in [-0.25, -0.2) is 0 Å². The molecule has 1 aliphatic heterocycles.